The molecule has 1 aliphatic heterocycles. The van der Waals surface area contributed by atoms with E-state index < -0.39 is 42.0 Å². The molecule has 1 saturated heterocycles. The number of carbonyl (C=O) groups is 4. The lowest BCUT2D eigenvalue weighted by Gasteiger charge is -2.27. The van der Waals surface area contributed by atoms with Crippen LogP contribution in [0.4, 0.5) is 0 Å². The highest BCUT2D eigenvalue weighted by molar-refractivity contribution is 5.94. The van der Waals surface area contributed by atoms with E-state index in [-0.39, 0.29) is 30.6 Å². The van der Waals surface area contributed by atoms with Crippen LogP contribution in [0.25, 0.3) is 0 Å². The van der Waals surface area contributed by atoms with Crippen molar-refractivity contribution in [3.8, 4) is 0 Å². The molecule has 8 heteroatoms. The zero-order valence-corrected chi connectivity index (χ0v) is 21.6. The summed E-state index contributed by atoms with van der Waals surface area (Å²) in [5, 5.41) is 8.26. The topological polar surface area (TPSA) is 114 Å². The van der Waals surface area contributed by atoms with E-state index in [0.717, 1.165) is 24.8 Å². The summed E-state index contributed by atoms with van der Waals surface area (Å²) in [5.74, 6) is -1.76. The minimum absolute atomic E-state index is 0.0485. The number of esters is 1. The van der Waals surface area contributed by atoms with Gasteiger partial charge in [-0.05, 0) is 37.2 Å². The molecule has 0 spiro atoms. The van der Waals surface area contributed by atoms with Gasteiger partial charge in [0.25, 0.3) is 0 Å². The molecule has 2 rings (SSSR count). The summed E-state index contributed by atoms with van der Waals surface area (Å²) >= 11 is 0. The first-order valence-corrected chi connectivity index (χ1v) is 12.7. The summed E-state index contributed by atoms with van der Waals surface area (Å²) < 4.78 is 5.85. The van der Waals surface area contributed by atoms with Gasteiger partial charge in [0.2, 0.25) is 17.7 Å². The van der Waals surface area contributed by atoms with Crippen molar-refractivity contribution in [1.29, 1.82) is 0 Å². The quantitative estimate of drug-likeness (QED) is 0.488. The van der Waals surface area contributed by atoms with Crippen LogP contribution in [0.2, 0.25) is 0 Å². The molecule has 8 nitrogen and oxygen atoms in total. The molecule has 0 radical (unpaired) electrons. The van der Waals surface area contributed by atoms with Gasteiger partial charge in [-0.15, -0.1) is 0 Å². The molecular formula is C27H41N3O5. The fraction of sp³-hybridized carbons (Fsp3) is 0.630. The Morgan fingerprint density at radius 1 is 0.943 bits per heavy atom. The van der Waals surface area contributed by atoms with Crippen LogP contribution in [-0.2, 0) is 30.3 Å². The molecule has 1 heterocycles. The van der Waals surface area contributed by atoms with Crippen molar-refractivity contribution < 1.29 is 23.9 Å². The molecule has 0 unspecified atom stereocenters. The Labute approximate surface area is 208 Å². The predicted octanol–water partition coefficient (Wildman–Crippen LogP) is 2.89. The summed E-state index contributed by atoms with van der Waals surface area (Å²) in [6.07, 6.45) is 2.70. The van der Waals surface area contributed by atoms with E-state index in [4.69, 9.17) is 4.74 Å². The highest BCUT2D eigenvalue weighted by atomic mass is 16.5. The van der Waals surface area contributed by atoms with Crippen molar-refractivity contribution in [2.75, 3.05) is 0 Å². The van der Waals surface area contributed by atoms with Crippen molar-refractivity contribution in [2.45, 2.75) is 97.4 Å². The molecule has 0 saturated carbocycles. The monoisotopic (exact) mass is 487 g/mol. The third-order valence-corrected chi connectivity index (χ3v) is 6.30. The number of ether oxygens (including phenoxy) is 1. The van der Waals surface area contributed by atoms with Gasteiger partial charge in [-0.3, -0.25) is 14.4 Å². The number of amides is 3. The normalized spacial score (nSPS) is 25.3. The molecule has 3 amide bonds. The molecule has 1 aromatic carbocycles. The first-order valence-electron chi connectivity index (χ1n) is 12.7. The van der Waals surface area contributed by atoms with Crippen LogP contribution in [0, 0.1) is 11.8 Å². The minimum atomic E-state index is -0.889. The second kappa shape index (κ2) is 13.9. The number of carbonyl (C=O) groups excluding carboxylic acids is 4. The van der Waals surface area contributed by atoms with E-state index in [1.54, 1.807) is 6.92 Å². The Balaban J connectivity index is 2.35. The summed E-state index contributed by atoms with van der Waals surface area (Å²) in [6.45, 7) is 9.51. The standard InChI is InChI=1S/C27H41N3O5/c1-6-7-11-18(4)23-16-24(31)29-21(15-20-12-9-8-10-13-20)26(33)28-19(5)25(32)30-22(14-17(2)3)27(34)35-23/h8-10,12-13,17-19,21-23H,6-7,11,14-16H2,1-5H3,(H,28,33)(H,29,31)(H,30,32)/t18-,19-,21+,22+,23-/m0/s1. The predicted molar refractivity (Wildman–Crippen MR) is 134 cm³/mol. The Morgan fingerprint density at radius 3 is 2.26 bits per heavy atom. The molecule has 35 heavy (non-hydrogen) atoms. The summed E-state index contributed by atoms with van der Waals surface area (Å²) in [7, 11) is 0. The number of benzene rings is 1. The Hall–Kier alpha value is -2.90. The highest BCUT2D eigenvalue weighted by Gasteiger charge is 2.33. The van der Waals surface area contributed by atoms with Gasteiger partial charge in [-0.1, -0.05) is 70.9 Å². The van der Waals surface area contributed by atoms with Crippen LogP contribution in [0.1, 0.15) is 72.3 Å². The van der Waals surface area contributed by atoms with Crippen LogP contribution >= 0.6 is 0 Å². The average Bonchev–Trinajstić information content (AvgIpc) is 2.81. The zero-order valence-electron chi connectivity index (χ0n) is 21.6. The number of hydrogen-bond acceptors (Lipinski definition) is 5. The van der Waals surface area contributed by atoms with Crippen molar-refractivity contribution >= 4 is 23.7 Å². The van der Waals surface area contributed by atoms with Crippen LogP contribution < -0.4 is 16.0 Å². The van der Waals surface area contributed by atoms with E-state index >= 15 is 0 Å². The first-order chi connectivity index (χ1) is 16.6. The lowest BCUT2D eigenvalue weighted by molar-refractivity contribution is -0.157. The second-order valence-corrected chi connectivity index (χ2v) is 10.0. The highest BCUT2D eigenvalue weighted by Crippen LogP contribution is 2.20. The van der Waals surface area contributed by atoms with Gasteiger partial charge in [0.15, 0.2) is 0 Å². The van der Waals surface area contributed by atoms with E-state index in [1.807, 2.05) is 51.1 Å². The fourth-order valence-corrected chi connectivity index (χ4v) is 4.16. The van der Waals surface area contributed by atoms with Gasteiger partial charge in [0.05, 0.1) is 6.42 Å². The lowest BCUT2D eigenvalue weighted by Crippen LogP contribution is -2.55. The fourth-order valence-electron chi connectivity index (χ4n) is 4.16. The Bertz CT molecular complexity index is 858. The molecule has 1 aliphatic rings. The number of rotatable bonds is 8. The molecule has 0 aromatic heterocycles. The van der Waals surface area contributed by atoms with Crippen molar-refractivity contribution in [2.24, 2.45) is 11.8 Å². The van der Waals surface area contributed by atoms with Crippen LogP contribution in [0.5, 0.6) is 0 Å². The van der Waals surface area contributed by atoms with Gasteiger partial charge in [0.1, 0.15) is 24.2 Å². The van der Waals surface area contributed by atoms with Gasteiger partial charge in [-0.2, -0.15) is 0 Å². The average molecular weight is 488 g/mol. The minimum Gasteiger partial charge on any atom is -0.460 e. The summed E-state index contributed by atoms with van der Waals surface area (Å²) in [5.41, 5.74) is 0.880. The zero-order chi connectivity index (χ0) is 26.0. The van der Waals surface area contributed by atoms with Gasteiger partial charge in [-0.25, -0.2) is 4.79 Å². The van der Waals surface area contributed by atoms with Gasteiger partial charge in [0, 0.05) is 6.42 Å². The van der Waals surface area contributed by atoms with Gasteiger partial charge < -0.3 is 20.7 Å². The number of nitrogens with one attached hydrogen (secondary N) is 3. The number of unbranched alkanes of at least 4 members (excludes halogenated alkanes) is 1. The maximum atomic E-state index is 13.1. The molecule has 0 bridgehead atoms. The van der Waals surface area contributed by atoms with Crippen LogP contribution in [0.15, 0.2) is 30.3 Å². The Kier molecular flexibility index (Phi) is 11.2. The number of cyclic esters (lactones) is 1. The van der Waals surface area contributed by atoms with Crippen molar-refractivity contribution in [3.63, 3.8) is 0 Å². The van der Waals surface area contributed by atoms with Crippen LogP contribution in [0.3, 0.4) is 0 Å². The number of hydrogen-bond donors (Lipinski definition) is 3. The van der Waals surface area contributed by atoms with Crippen molar-refractivity contribution in [1.82, 2.24) is 16.0 Å². The van der Waals surface area contributed by atoms with Gasteiger partial charge >= 0.3 is 5.97 Å². The third kappa shape index (κ3) is 9.34. The Morgan fingerprint density at radius 2 is 1.63 bits per heavy atom. The molecule has 1 fully saturated rings. The first kappa shape index (κ1) is 28.3. The summed E-state index contributed by atoms with van der Waals surface area (Å²) in [4.78, 5) is 52.1. The SMILES string of the molecule is CCCC[C@H](C)[C@@H]1CC(=O)N[C@H](Cc2ccccc2)C(=O)N[C@@H](C)C(=O)N[C@H](CC(C)C)C(=O)O1. The molecule has 1 aromatic rings. The molecule has 194 valence electrons. The van der Waals surface area contributed by atoms with E-state index in [1.165, 1.54) is 0 Å². The molecular weight excluding hydrogens is 446 g/mol. The van der Waals surface area contributed by atoms with Crippen molar-refractivity contribution in [3.05, 3.63) is 35.9 Å². The van der Waals surface area contributed by atoms with E-state index in [9.17, 15) is 19.2 Å². The summed E-state index contributed by atoms with van der Waals surface area (Å²) in [6, 6.07) is 6.76. The second-order valence-electron chi connectivity index (χ2n) is 10.0. The van der Waals surface area contributed by atoms with E-state index in [0.29, 0.717) is 6.42 Å². The maximum Gasteiger partial charge on any atom is 0.328 e. The third-order valence-electron chi connectivity index (χ3n) is 6.30. The van der Waals surface area contributed by atoms with E-state index in [2.05, 4.69) is 22.9 Å². The molecule has 0 aliphatic carbocycles. The smallest absolute Gasteiger partial charge is 0.328 e. The molecule has 5 atom stereocenters. The lowest BCUT2D eigenvalue weighted by atomic mass is 9.95. The molecule has 3 N–H and O–H groups in total. The van der Waals surface area contributed by atoms with Crippen LogP contribution in [-0.4, -0.2) is 47.9 Å². The largest absolute Gasteiger partial charge is 0.460 e. The maximum absolute atomic E-state index is 13.1.